The first kappa shape index (κ1) is 19.3. The topological polar surface area (TPSA) is 144 Å². The molecule has 1 aromatic carbocycles. The number of guanidine groups is 1. The van der Waals surface area contributed by atoms with Gasteiger partial charge in [-0.05, 0) is 29.8 Å². The van der Waals surface area contributed by atoms with Crippen LogP contribution >= 0.6 is 11.8 Å². The summed E-state index contributed by atoms with van der Waals surface area (Å²) in [4.78, 5) is 31.5. The van der Waals surface area contributed by atoms with Gasteiger partial charge in [-0.1, -0.05) is 12.1 Å². The van der Waals surface area contributed by atoms with Gasteiger partial charge in [-0.15, -0.1) is 11.8 Å². The Balaban J connectivity index is 2.11. The van der Waals surface area contributed by atoms with Gasteiger partial charge in [0, 0.05) is 28.2 Å². The molecule has 1 atom stereocenters. The van der Waals surface area contributed by atoms with Crippen LogP contribution in [0.15, 0.2) is 58.7 Å². The van der Waals surface area contributed by atoms with E-state index < -0.39 is 5.97 Å². The van der Waals surface area contributed by atoms with Crippen molar-refractivity contribution in [1.29, 1.82) is 0 Å². The van der Waals surface area contributed by atoms with E-state index in [1.807, 2.05) is 12.1 Å². The zero-order valence-corrected chi connectivity index (χ0v) is 14.6. The van der Waals surface area contributed by atoms with Crippen LogP contribution in [0, 0.1) is 0 Å². The summed E-state index contributed by atoms with van der Waals surface area (Å²) in [7, 11) is 0. The van der Waals surface area contributed by atoms with E-state index in [1.165, 1.54) is 11.8 Å². The van der Waals surface area contributed by atoms with Gasteiger partial charge in [-0.25, -0.2) is 4.99 Å². The number of hydrogen-bond acceptors (Lipinski definition) is 5. The monoisotopic (exact) mass is 373 g/mol. The fraction of sp³-hybridized carbons (Fsp3) is 0.176. The Bertz CT molecular complexity index is 794. The van der Waals surface area contributed by atoms with E-state index >= 15 is 0 Å². The third-order valence-corrected chi connectivity index (χ3v) is 4.47. The van der Waals surface area contributed by atoms with Gasteiger partial charge in [0.2, 0.25) is 5.91 Å². The summed E-state index contributed by atoms with van der Waals surface area (Å²) in [5.74, 6) is -1.40. The quantitative estimate of drug-likeness (QED) is 0.312. The third kappa shape index (κ3) is 6.44. The number of carboxylic acid groups (broad SMARTS) is 1. The van der Waals surface area contributed by atoms with E-state index in [0.717, 1.165) is 10.5 Å². The van der Waals surface area contributed by atoms with E-state index in [0.29, 0.717) is 5.69 Å². The number of aliphatic imine (C=N–C) groups is 1. The second kappa shape index (κ2) is 9.42. The van der Waals surface area contributed by atoms with Gasteiger partial charge in [0.25, 0.3) is 0 Å². The van der Waals surface area contributed by atoms with Crippen molar-refractivity contribution in [1.82, 2.24) is 4.98 Å². The molecule has 0 bridgehead atoms. The summed E-state index contributed by atoms with van der Waals surface area (Å²) in [6.07, 6.45) is 3.25. The second-order valence-corrected chi connectivity index (χ2v) is 6.58. The Labute approximate surface area is 154 Å². The molecule has 1 unspecified atom stereocenters. The van der Waals surface area contributed by atoms with Gasteiger partial charge >= 0.3 is 5.97 Å². The number of carbonyl (C=O) groups is 2. The highest BCUT2D eigenvalue weighted by Crippen LogP contribution is 2.38. The number of hydrogen-bond donors (Lipinski definition) is 4. The van der Waals surface area contributed by atoms with Crippen LogP contribution in [0.5, 0.6) is 0 Å². The minimum Gasteiger partial charge on any atom is -0.481 e. The number of nitrogens with one attached hydrogen (secondary N) is 1. The smallest absolute Gasteiger partial charge is 0.304 e. The maximum atomic E-state index is 11.8. The molecule has 0 saturated carbocycles. The molecule has 26 heavy (non-hydrogen) atoms. The van der Waals surface area contributed by atoms with E-state index in [4.69, 9.17) is 11.5 Å². The van der Waals surface area contributed by atoms with Crippen molar-refractivity contribution >= 4 is 35.3 Å². The number of aliphatic carboxylic acids is 1. The first-order valence-electron chi connectivity index (χ1n) is 7.67. The molecule has 8 nitrogen and oxygen atoms in total. The Morgan fingerprint density at radius 1 is 1.27 bits per heavy atom. The van der Waals surface area contributed by atoms with Gasteiger partial charge < -0.3 is 21.9 Å². The zero-order valence-electron chi connectivity index (χ0n) is 13.8. The fourth-order valence-electron chi connectivity index (χ4n) is 2.13. The van der Waals surface area contributed by atoms with Crippen molar-refractivity contribution in [2.24, 2.45) is 16.5 Å². The standard InChI is InChI=1S/C17H19N5O3S/c18-17(19)21-10-15(23)22-12-4-1-5-13(7-12)26-14(8-16(24)25)11-3-2-6-20-9-11/h1-7,9,14H,8,10H2,(H,22,23)(H,24,25)(H4,18,19,21). The molecule has 2 rings (SSSR count). The minimum atomic E-state index is -0.895. The molecule has 1 heterocycles. The number of aromatic nitrogens is 1. The molecule has 6 N–H and O–H groups in total. The molecular formula is C17H19N5O3S. The second-order valence-electron chi connectivity index (χ2n) is 5.31. The Morgan fingerprint density at radius 2 is 2.08 bits per heavy atom. The number of thioether (sulfide) groups is 1. The van der Waals surface area contributed by atoms with Crippen LogP contribution in [-0.2, 0) is 9.59 Å². The molecule has 0 aliphatic heterocycles. The number of carbonyl (C=O) groups excluding carboxylic acids is 1. The zero-order chi connectivity index (χ0) is 18.9. The van der Waals surface area contributed by atoms with Crippen molar-refractivity contribution in [3.8, 4) is 0 Å². The van der Waals surface area contributed by atoms with Gasteiger partial charge in [0.05, 0.1) is 6.42 Å². The van der Waals surface area contributed by atoms with Crippen LogP contribution in [0.3, 0.4) is 0 Å². The van der Waals surface area contributed by atoms with Crippen LogP contribution in [0.1, 0.15) is 17.2 Å². The van der Waals surface area contributed by atoms with Gasteiger partial charge in [-0.2, -0.15) is 0 Å². The highest BCUT2D eigenvalue weighted by molar-refractivity contribution is 7.99. The fourth-order valence-corrected chi connectivity index (χ4v) is 3.31. The SMILES string of the molecule is NC(N)=NCC(=O)Nc1cccc(SC(CC(=O)O)c2cccnc2)c1. The lowest BCUT2D eigenvalue weighted by atomic mass is 10.1. The number of amides is 1. The van der Waals surface area contributed by atoms with Gasteiger partial charge in [0.15, 0.2) is 5.96 Å². The van der Waals surface area contributed by atoms with Crippen molar-refractivity contribution < 1.29 is 14.7 Å². The first-order valence-corrected chi connectivity index (χ1v) is 8.55. The lowest BCUT2D eigenvalue weighted by Gasteiger charge is -2.15. The summed E-state index contributed by atoms with van der Waals surface area (Å²) in [6.45, 7) is -0.170. The Morgan fingerprint density at radius 3 is 2.73 bits per heavy atom. The molecule has 1 aromatic heterocycles. The number of pyridine rings is 1. The predicted molar refractivity (Wildman–Crippen MR) is 101 cm³/mol. The van der Waals surface area contributed by atoms with Crippen molar-refractivity contribution in [2.75, 3.05) is 11.9 Å². The van der Waals surface area contributed by atoms with Crippen LogP contribution in [0.25, 0.3) is 0 Å². The predicted octanol–water partition coefficient (Wildman–Crippen LogP) is 1.60. The van der Waals surface area contributed by atoms with Crippen molar-refractivity contribution in [3.63, 3.8) is 0 Å². The average molecular weight is 373 g/mol. The molecule has 0 aliphatic rings. The van der Waals surface area contributed by atoms with Gasteiger partial charge in [0.1, 0.15) is 6.54 Å². The van der Waals surface area contributed by atoms with E-state index in [-0.39, 0.29) is 30.1 Å². The summed E-state index contributed by atoms with van der Waals surface area (Å²) in [5.41, 5.74) is 11.8. The maximum absolute atomic E-state index is 11.8. The number of carboxylic acids is 1. The van der Waals surface area contributed by atoms with Crippen LogP contribution in [0.4, 0.5) is 5.69 Å². The first-order chi connectivity index (χ1) is 12.4. The average Bonchev–Trinajstić information content (AvgIpc) is 2.60. The maximum Gasteiger partial charge on any atom is 0.304 e. The van der Waals surface area contributed by atoms with Crippen LogP contribution in [0.2, 0.25) is 0 Å². The number of nitrogens with two attached hydrogens (primary N) is 2. The molecule has 136 valence electrons. The lowest BCUT2D eigenvalue weighted by molar-refractivity contribution is -0.137. The van der Waals surface area contributed by atoms with E-state index in [1.54, 1.807) is 36.7 Å². The third-order valence-electron chi connectivity index (χ3n) is 3.22. The number of nitrogens with zero attached hydrogens (tertiary/aromatic N) is 2. The van der Waals surface area contributed by atoms with E-state index in [2.05, 4.69) is 15.3 Å². The molecule has 0 aliphatic carbocycles. The summed E-state index contributed by atoms with van der Waals surface area (Å²) >= 11 is 1.39. The van der Waals surface area contributed by atoms with Crippen molar-refractivity contribution in [2.45, 2.75) is 16.6 Å². The molecule has 0 radical (unpaired) electrons. The minimum absolute atomic E-state index is 0.0442. The summed E-state index contributed by atoms with van der Waals surface area (Å²) in [6, 6.07) is 10.7. The van der Waals surface area contributed by atoms with Crippen LogP contribution in [-0.4, -0.2) is 34.5 Å². The molecule has 2 aromatic rings. The Kier molecular flexibility index (Phi) is 6.98. The summed E-state index contributed by atoms with van der Waals surface area (Å²) in [5, 5.41) is 11.6. The number of rotatable bonds is 8. The molecule has 0 saturated heterocycles. The normalized spacial score (nSPS) is 11.4. The van der Waals surface area contributed by atoms with Gasteiger partial charge in [-0.3, -0.25) is 14.6 Å². The highest BCUT2D eigenvalue weighted by atomic mass is 32.2. The molecule has 9 heteroatoms. The largest absolute Gasteiger partial charge is 0.481 e. The molecule has 0 fully saturated rings. The molecule has 0 spiro atoms. The molecule has 1 amide bonds. The van der Waals surface area contributed by atoms with E-state index in [9.17, 15) is 14.7 Å². The van der Waals surface area contributed by atoms with Crippen LogP contribution < -0.4 is 16.8 Å². The Hall–Kier alpha value is -3.07. The number of benzene rings is 1. The van der Waals surface area contributed by atoms with Crippen molar-refractivity contribution in [3.05, 3.63) is 54.4 Å². The highest BCUT2D eigenvalue weighted by Gasteiger charge is 2.17. The summed E-state index contributed by atoms with van der Waals surface area (Å²) < 4.78 is 0. The number of anilines is 1. The molecular weight excluding hydrogens is 354 g/mol. The lowest BCUT2D eigenvalue weighted by Crippen LogP contribution is -2.25.